The molecule has 2 aromatic rings. The number of hydrogen-bond acceptors (Lipinski definition) is 4. The van der Waals surface area contributed by atoms with E-state index in [2.05, 4.69) is 17.0 Å². The van der Waals surface area contributed by atoms with Crippen LogP contribution in [0.1, 0.15) is 65.2 Å². The van der Waals surface area contributed by atoms with E-state index in [0.29, 0.717) is 24.1 Å². The Morgan fingerprint density at radius 3 is 2.71 bits per heavy atom. The Kier molecular flexibility index (Phi) is 4.15. The topological polar surface area (TPSA) is 69.3 Å². The van der Waals surface area contributed by atoms with Crippen molar-refractivity contribution in [2.45, 2.75) is 63.1 Å². The zero-order valence-corrected chi connectivity index (χ0v) is 16.1. The molecule has 2 aliphatic heterocycles. The molecular weight excluding hydrogens is 350 g/mol. The third-order valence-corrected chi connectivity index (χ3v) is 6.81. The van der Waals surface area contributed by atoms with Crippen molar-refractivity contribution in [1.82, 2.24) is 9.47 Å². The summed E-state index contributed by atoms with van der Waals surface area (Å²) in [5.41, 5.74) is 4.49. The second-order valence-electron chi connectivity index (χ2n) is 8.58. The number of nitriles is 1. The molecule has 1 saturated carbocycles. The van der Waals surface area contributed by atoms with E-state index in [1.807, 2.05) is 35.9 Å². The van der Waals surface area contributed by atoms with Crippen molar-refractivity contribution in [1.29, 1.82) is 5.26 Å². The molecule has 3 heterocycles. The minimum atomic E-state index is -0.285. The molecule has 0 radical (unpaired) electrons. The summed E-state index contributed by atoms with van der Waals surface area (Å²) in [5.74, 6) is 0.683. The number of aliphatic hydroxyl groups is 1. The first-order valence-corrected chi connectivity index (χ1v) is 10.3. The number of nitrogens with zero attached hydrogens (tertiary/aromatic N) is 3. The van der Waals surface area contributed by atoms with Gasteiger partial charge in [-0.25, -0.2) is 0 Å². The summed E-state index contributed by atoms with van der Waals surface area (Å²) in [5, 5.41) is 19.5. The first-order chi connectivity index (χ1) is 13.5. The zero-order chi connectivity index (χ0) is 19.4. The number of benzene rings is 1. The zero-order valence-electron chi connectivity index (χ0n) is 16.1. The van der Waals surface area contributed by atoms with Crippen molar-refractivity contribution in [2.75, 3.05) is 6.54 Å². The number of rotatable bonds is 5. The van der Waals surface area contributed by atoms with Crippen molar-refractivity contribution >= 4 is 5.78 Å². The number of ketones is 1. The lowest BCUT2D eigenvalue weighted by Crippen LogP contribution is -2.36. The van der Waals surface area contributed by atoms with Crippen molar-refractivity contribution in [2.24, 2.45) is 0 Å². The highest BCUT2D eigenvalue weighted by molar-refractivity contribution is 5.99. The second kappa shape index (κ2) is 6.58. The highest BCUT2D eigenvalue weighted by atomic mass is 16.3. The van der Waals surface area contributed by atoms with Crippen LogP contribution in [0.2, 0.25) is 0 Å². The summed E-state index contributed by atoms with van der Waals surface area (Å²) in [6, 6.07) is 10.7. The minimum absolute atomic E-state index is 0.112. The summed E-state index contributed by atoms with van der Waals surface area (Å²) < 4.78 is 2.02. The quantitative estimate of drug-likeness (QED) is 0.814. The molecule has 1 N–H and O–H groups in total. The summed E-state index contributed by atoms with van der Waals surface area (Å²) in [7, 11) is 0. The summed E-state index contributed by atoms with van der Waals surface area (Å²) >= 11 is 0. The van der Waals surface area contributed by atoms with Gasteiger partial charge in [0.25, 0.3) is 0 Å². The van der Waals surface area contributed by atoms with Gasteiger partial charge in [-0.2, -0.15) is 5.26 Å². The summed E-state index contributed by atoms with van der Waals surface area (Å²) in [6.45, 7) is 2.35. The van der Waals surface area contributed by atoms with Gasteiger partial charge in [-0.05, 0) is 74.8 Å². The standard InChI is InChI=1S/C23H25N3O2/c1-14-20(23(28)13-26-18-4-5-21(26)22(27)11-18)6-7-25(14)19-9-15(12-24)8-17(10-19)16-2-3-16/h6-10,16,18,21-22,27H,2-5,11,13H2,1H3/t18?,21?,22-/m1/s1. The van der Waals surface area contributed by atoms with Crippen molar-refractivity contribution < 1.29 is 9.90 Å². The van der Waals surface area contributed by atoms with Gasteiger partial charge in [0, 0.05) is 35.2 Å². The molecule has 3 atom stereocenters. The normalized spacial score (nSPS) is 26.5. The third kappa shape index (κ3) is 2.88. The average Bonchev–Trinajstić information content (AvgIpc) is 3.30. The maximum absolute atomic E-state index is 13.0. The first-order valence-electron chi connectivity index (χ1n) is 10.3. The van der Waals surface area contributed by atoms with Gasteiger partial charge in [0.05, 0.1) is 24.3 Å². The molecule has 3 aliphatic rings. The van der Waals surface area contributed by atoms with Crippen LogP contribution in [-0.4, -0.2) is 45.1 Å². The Bertz CT molecular complexity index is 982. The fourth-order valence-corrected chi connectivity index (χ4v) is 5.14. The Labute approximate surface area is 165 Å². The van der Waals surface area contributed by atoms with E-state index in [4.69, 9.17) is 0 Å². The number of hydrogen-bond donors (Lipinski definition) is 1. The van der Waals surface area contributed by atoms with Crippen LogP contribution >= 0.6 is 0 Å². The first kappa shape index (κ1) is 17.7. The van der Waals surface area contributed by atoms with Gasteiger partial charge < -0.3 is 9.67 Å². The smallest absolute Gasteiger partial charge is 0.178 e. The van der Waals surface area contributed by atoms with E-state index >= 15 is 0 Å². The monoisotopic (exact) mass is 375 g/mol. The number of Topliss-reactive ketones (excluding diaryl/α,β-unsaturated/α-hetero) is 1. The summed E-state index contributed by atoms with van der Waals surface area (Å²) in [6.07, 6.45) is 6.89. The molecule has 2 saturated heterocycles. The number of aliphatic hydroxyl groups excluding tert-OH is 1. The van der Waals surface area contributed by atoms with E-state index in [1.54, 1.807) is 0 Å². The Balaban J connectivity index is 1.41. The van der Waals surface area contributed by atoms with Crippen LogP contribution in [0.4, 0.5) is 0 Å². The van der Waals surface area contributed by atoms with Crippen LogP contribution in [0, 0.1) is 18.3 Å². The molecule has 1 aromatic heterocycles. The van der Waals surface area contributed by atoms with Gasteiger partial charge in [0.1, 0.15) is 0 Å². The highest BCUT2D eigenvalue weighted by Gasteiger charge is 2.46. The highest BCUT2D eigenvalue weighted by Crippen LogP contribution is 2.41. The van der Waals surface area contributed by atoms with E-state index in [9.17, 15) is 15.2 Å². The lowest BCUT2D eigenvalue weighted by Gasteiger charge is -2.21. The van der Waals surface area contributed by atoms with Gasteiger partial charge in [0.2, 0.25) is 0 Å². The number of carbonyl (C=O) groups excluding carboxylic acids is 1. The van der Waals surface area contributed by atoms with Crippen LogP contribution in [-0.2, 0) is 0 Å². The third-order valence-electron chi connectivity index (χ3n) is 6.81. The van der Waals surface area contributed by atoms with Gasteiger partial charge in [-0.15, -0.1) is 0 Å². The molecule has 28 heavy (non-hydrogen) atoms. The fraction of sp³-hybridized carbons (Fsp3) is 0.478. The van der Waals surface area contributed by atoms with E-state index < -0.39 is 0 Å². The molecule has 5 nitrogen and oxygen atoms in total. The summed E-state index contributed by atoms with van der Waals surface area (Å²) in [4.78, 5) is 15.2. The van der Waals surface area contributed by atoms with Gasteiger partial charge >= 0.3 is 0 Å². The number of fused-ring (bicyclic) bond motifs is 2. The molecule has 2 bridgehead atoms. The minimum Gasteiger partial charge on any atom is -0.391 e. The van der Waals surface area contributed by atoms with Crippen LogP contribution in [0.5, 0.6) is 0 Å². The average molecular weight is 375 g/mol. The molecule has 144 valence electrons. The van der Waals surface area contributed by atoms with Crippen molar-refractivity contribution in [3.63, 3.8) is 0 Å². The maximum Gasteiger partial charge on any atom is 0.178 e. The predicted molar refractivity (Wildman–Crippen MR) is 106 cm³/mol. The molecule has 5 rings (SSSR count). The SMILES string of the molecule is Cc1c(C(=O)CN2C3CCC2[C@H](O)C3)ccn1-c1cc(C#N)cc(C2CC2)c1. The van der Waals surface area contributed by atoms with Crippen molar-refractivity contribution in [3.05, 3.63) is 52.8 Å². The molecular formula is C23H25N3O2. The van der Waals surface area contributed by atoms with Crippen LogP contribution < -0.4 is 0 Å². The molecule has 0 amide bonds. The molecule has 1 aliphatic carbocycles. The van der Waals surface area contributed by atoms with E-state index in [0.717, 1.165) is 36.2 Å². The van der Waals surface area contributed by atoms with Gasteiger partial charge in [-0.3, -0.25) is 9.69 Å². The molecule has 2 unspecified atom stereocenters. The molecule has 1 aromatic carbocycles. The van der Waals surface area contributed by atoms with E-state index in [1.165, 1.54) is 18.4 Å². The largest absolute Gasteiger partial charge is 0.391 e. The van der Waals surface area contributed by atoms with Crippen LogP contribution in [0.25, 0.3) is 5.69 Å². The number of carbonyl (C=O) groups is 1. The number of aromatic nitrogens is 1. The fourth-order valence-electron chi connectivity index (χ4n) is 5.14. The molecule has 3 fully saturated rings. The lowest BCUT2D eigenvalue weighted by atomic mass is 9.98. The Hall–Kier alpha value is -2.42. The van der Waals surface area contributed by atoms with Crippen LogP contribution in [0.15, 0.2) is 30.5 Å². The molecule has 5 heteroatoms. The van der Waals surface area contributed by atoms with Gasteiger partial charge in [0.15, 0.2) is 5.78 Å². The second-order valence-corrected chi connectivity index (χ2v) is 8.58. The molecule has 0 spiro atoms. The lowest BCUT2D eigenvalue weighted by molar-refractivity contribution is 0.0873. The van der Waals surface area contributed by atoms with Crippen LogP contribution in [0.3, 0.4) is 0 Å². The predicted octanol–water partition coefficient (Wildman–Crippen LogP) is 3.32. The maximum atomic E-state index is 13.0. The van der Waals surface area contributed by atoms with Gasteiger partial charge in [-0.1, -0.05) is 0 Å². The Morgan fingerprint density at radius 1 is 1.25 bits per heavy atom. The van der Waals surface area contributed by atoms with E-state index in [-0.39, 0.29) is 17.9 Å². The van der Waals surface area contributed by atoms with Crippen molar-refractivity contribution in [3.8, 4) is 11.8 Å². The Morgan fingerprint density at radius 2 is 2.07 bits per heavy atom.